The maximum absolute atomic E-state index is 2.44. The summed E-state index contributed by atoms with van der Waals surface area (Å²) < 4.78 is 0. The molecule has 0 saturated heterocycles. The van der Waals surface area contributed by atoms with Crippen LogP contribution < -0.4 is 0 Å². The minimum atomic E-state index is 0.695. The smallest absolute Gasteiger partial charge is 0.0122 e. The molecule has 0 aromatic rings. The summed E-state index contributed by atoms with van der Waals surface area (Å²) in [6.45, 7) is 4.60. The molecule has 0 radical (unpaired) electrons. The SMILES string of the molecule is CC(C)C1=CCCC2CC=CC=C12. The van der Waals surface area contributed by atoms with Crippen molar-refractivity contribution in [3.8, 4) is 0 Å². The summed E-state index contributed by atoms with van der Waals surface area (Å²) >= 11 is 0. The highest BCUT2D eigenvalue weighted by Gasteiger charge is 2.22. The van der Waals surface area contributed by atoms with Crippen LogP contribution in [0.2, 0.25) is 0 Å². The van der Waals surface area contributed by atoms with Gasteiger partial charge in [0.1, 0.15) is 0 Å². The average molecular weight is 174 g/mol. The summed E-state index contributed by atoms with van der Waals surface area (Å²) in [5, 5.41) is 0. The summed E-state index contributed by atoms with van der Waals surface area (Å²) in [6, 6.07) is 0. The molecule has 1 atom stereocenters. The van der Waals surface area contributed by atoms with Gasteiger partial charge in [-0.2, -0.15) is 0 Å². The first-order chi connectivity index (χ1) is 6.29. The van der Waals surface area contributed by atoms with Crippen molar-refractivity contribution in [2.45, 2.75) is 33.1 Å². The Balaban J connectivity index is 2.31. The van der Waals surface area contributed by atoms with Crippen LogP contribution >= 0.6 is 0 Å². The fraction of sp³-hybridized carbons (Fsp3) is 0.538. The van der Waals surface area contributed by atoms with Crippen LogP contribution in [0.5, 0.6) is 0 Å². The Morgan fingerprint density at radius 3 is 3.00 bits per heavy atom. The number of rotatable bonds is 1. The molecule has 0 aromatic carbocycles. The predicted octanol–water partition coefficient (Wildman–Crippen LogP) is 3.87. The van der Waals surface area contributed by atoms with Crippen LogP contribution in [0.3, 0.4) is 0 Å². The van der Waals surface area contributed by atoms with E-state index in [4.69, 9.17) is 0 Å². The van der Waals surface area contributed by atoms with Gasteiger partial charge in [-0.1, -0.05) is 38.2 Å². The molecule has 2 aliphatic rings. The first-order valence-corrected chi connectivity index (χ1v) is 5.36. The lowest BCUT2D eigenvalue weighted by Gasteiger charge is -2.29. The van der Waals surface area contributed by atoms with Gasteiger partial charge >= 0.3 is 0 Å². The molecule has 0 nitrogen and oxygen atoms in total. The second-order valence-corrected chi connectivity index (χ2v) is 4.37. The highest BCUT2D eigenvalue weighted by molar-refractivity contribution is 5.41. The van der Waals surface area contributed by atoms with Gasteiger partial charge in [-0.15, -0.1) is 0 Å². The van der Waals surface area contributed by atoms with Crippen molar-refractivity contribution in [3.05, 3.63) is 35.5 Å². The molecule has 0 heterocycles. The Morgan fingerprint density at radius 1 is 1.38 bits per heavy atom. The molecule has 0 aliphatic heterocycles. The van der Waals surface area contributed by atoms with E-state index < -0.39 is 0 Å². The lowest BCUT2D eigenvalue weighted by atomic mass is 9.76. The summed E-state index contributed by atoms with van der Waals surface area (Å²) in [5.41, 5.74) is 3.21. The molecule has 0 bridgehead atoms. The third-order valence-corrected chi connectivity index (χ3v) is 3.11. The summed E-state index contributed by atoms with van der Waals surface area (Å²) in [6.07, 6.45) is 13.2. The van der Waals surface area contributed by atoms with Gasteiger partial charge in [0.25, 0.3) is 0 Å². The van der Waals surface area contributed by atoms with Gasteiger partial charge in [-0.25, -0.2) is 0 Å². The molecule has 2 aliphatic carbocycles. The van der Waals surface area contributed by atoms with E-state index in [2.05, 4.69) is 38.2 Å². The summed E-state index contributed by atoms with van der Waals surface area (Å²) in [4.78, 5) is 0. The molecule has 1 unspecified atom stereocenters. The molecule has 2 rings (SSSR count). The molecule has 0 saturated carbocycles. The van der Waals surface area contributed by atoms with Crippen molar-refractivity contribution in [2.24, 2.45) is 11.8 Å². The van der Waals surface area contributed by atoms with E-state index in [1.165, 1.54) is 19.3 Å². The van der Waals surface area contributed by atoms with E-state index in [0.717, 1.165) is 5.92 Å². The zero-order chi connectivity index (χ0) is 9.26. The topological polar surface area (TPSA) is 0 Å². The van der Waals surface area contributed by atoms with Crippen molar-refractivity contribution < 1.29 is 0 Å². The Morgan fingerprint density at radius 2 is 2.23 bits per heavy atom. The Hall–Kier alpha value is -0.780. The molecular formula is C13H18. The van der Waals surface area contributed by atoms with Gasteiger partial charge in [-0.05, 0) is 42.2 Å². The minimum Gasteiger partial charge on any atom is -0.0839 e. The lowest BCUT2D eigenvalue weighted by Crippen LogP contribution is -2.15. The van der Waals surface area contributed by atoms with Gasteiger partial charge in [0.2, 0.25) is 0 Å². The number of hydrogen-bond acceptors (Lipinski definition) is 0. The Kier molecular flexibility index (Phi) is 2.39. The van der Waals surface area contributed by atoms with Gasteiger partial charge in [0, 0.05) is 0 Å². The largest absolute Gasteiger partial charge is 0.0839 e. The lowest BCUT2D eigenvalue weighted by molar-refractivity contribution is 0.534. The summed E-state index contributed by atoms with van der Waals surface area (Å²) in [7, 11) is 0. The van der Waals surface area contributed by atoms with Crippen LogP contribution in [0.4, 0.5) is 0 Å². The minimum absolute atomic E-state index is 0.695. The Labute approximate surface area is 81.0 Å². The number of fused-ring (bicyclic) bond motifs is 1. The molecular weight excluding hydrogens is 156 g/mol. The maximum atomic E-state index is 2.44. The van der Waals surface area contributed by atoms with Gasteiger partial charge in [-0.3, -0.25) is 0 Å². The predicted molar refractivity (Wildman–Crippen MR) is 57.5 cm³/mol. The van der Waals surface area contributed by atoms with Crippen molar-refractivity contribution in [1.29, 1.82) is 0 Å². The van der Waals surface area contributed by atoms with E-state index in [-0.39, 0.29) is 0 Å². The monoisotopic (exact) mass is 174 g/mol. The van der Waals surface area contributed by atoms with Crippen LogP contribution in [-0.4, -0.2) is 0 Å². The average Bonchev–Trinajstić information content (AvgIpc) is 2.17. The molecule has 0 N–H and O–H groups in total. The van der Waals surface area contributed by atoms with Crippen LogP contribution in [0.25, 0.3) is 0 Å². The molecule has 70 valence electrons. The van der Waals surface area contributed by atoms with Crippen molar-refractivity contribution in [2.75, 3.05) is 0 Å². The van der Waals surface area contributed by atoms with Gasteiger partial charge in [0.15, 0.2) is 0 Å². The molecule has 0 spiro atoms. The maximum Gasteiger partial charge on any atom is -0.0122 e. The van der Waals surface area contributed by atoms with Gasteiger partial charge < -0.3 is 0 Å². The van der Waals surface area contributed by atoms with Crippen molar-refractivity contribution in [3.63, 3.8) is 0 Å². The molecule has 13 heavy (non-hydrogen) atoms. The normalized spacial score (nSPS) is 26.8. The zero-order valence-electron chi connectivity index (χ0n) is 8.59. The zero-order valence-corrected chi connectivity index (χ0v) is 8.59. The molecule has 0 heteroatoms. The highest BCUT2D eigenvalue weighted by Crippen LogP contribution is 2.37. The van der Waals surface area contributed by atoms with E-state index in [1.54, 1.807) is 11.1 Å². The molecule has 0 amide bonds. The van der Waals surface area contributed by atoms with Crippen LogP contribution in [0.1, 0.15) is 33.1 Å². The standard InChI is InChI=1S/C13H18/c1-10(2)12-9-5-7-11-6-3-4-8-13(11)12/h3-4,8-11H,5-7H2,1-2H3. The third kappa shape index (κ3) is 1.63. The van der Waals surface area contributed by atoms with Crippen LogP contribution in [0, 0.1) is 11.8 Å². The second-order valence-electron chi connectivity index (χ2n) is 4.37. The quantitative estimate of drug-likeness (QED) is 0.566. The van der Waals surface area contributed by atoms with Crippen molar-refractivity contribution in [1.82, 2.24) is 0 Å². The van der Waals surface area contributed by atoms with Crippen LogP contribution in [0.15, 0.2) is 35.5 Å². The first kappa shape index (κ1) is 8.80. The van der Waals surface area contributed by atoms with Gasteiger partial charge in [0.05, 0.1) is 0 Å². The van der Waals surface area contributed by atoms with Crippen LogP contribution in [-0.2, 0) is 0 Å². The molecule has 0 aromatic heterocycles. The molecule has 0 fully saturated rings. The second kappa shape index (κ2) is 3.53. The van der Waals surface area contributed by atoms with E-state index in [1.807, 2.05) is 0 Å². The highest BCUT2D eigenvalue weighted by atomic mass is 14.3. The van der Waals surface area contributed by atoms with E-state index in [9.17, 15) is 0 Å². The number of allylic oxidation sites excluding steroid dienone is 6. The van der Waals surface area contributed by atoms with E-state index in [0.29, 0.717) is 5.92 Å². The fourth-order valence-corrected chi connectivity index (χ4v) is 2.41. The van der Waals surface area contributed by atoms with Crippen molar-refractivity contribution >= 4 is 0 Å². The Bertz CT molecular complexity index is 276. The number of hydrogen-bond donors (Lipinski definition) is 0. The third-order valence-electron chi connectivity index (χ3n) is 3.11. The fourth-order valence-electron chi connectivity index (χ4n) is 2.41. The van der Waals surface area contributed by atoms with E-state index >= 15 is 0 Å². The summed E-state index contributed by atoms with van der Waals surface area (Å²) in [5.74, 6) is 1.52. The first-order valence-electron chi connectivity index (χ1n) is 5.36.